The van der Waals surface area contributed by atoms with E-state index in [4.69, 9.17) is 5.11 Å². The normalized spacial score (nSPS) is 15.3. The molecule has 0 saturated carbocycles. The smallest absolute Gasteiger partial charge is 0.356 e. The Hall–Kier alpha value is -2.67. The fourth-order valence-electron chi connectivity index (χ4n) is 2.91. The molecule has 1 saturated heterocycles. The third kappa shape index (κ3) is 4.45. The summed E-state index contributed by atoms with van der Waals surface area (Å²) in [6.45, 7) is 6.07. The fraction of sp³-hybridized carbons (Fsp3) is 0.389. The van der Waals surface area contributed by atoms with Gasteiger partial charge in [0, 0.05) is 38.9 Å². The Morgan fingerprint density at radius 2 is 1.76 bits per heavy atom. The molecule has 2 aromatic rings. The molecule has 25 heavy (non-hydrogen) atoms. The highest BCUT2D eigenvalue weighted by Crippen LogP contribution is 2.10. The highest BCUT2D eigenvalue weighted by atomic mass is 16.4. The summed E-state index contributed by atoms with van der Waals surface area (Å²) < 4.78 is 1.38. The van der Waals surface area contributed by atoms with Crippen LogP contribution < -0.4 is 0 Å². The van der Waals surface area contributed by atoms with Crippen molar-refractivity contribution in [3.8, 4) is 0 Å². The number of carbonyl (C=O) groups is 2. The van der Waals surface area contributed by atoms with E-state index in [2.05, 4.69) is 41.2 Å². The highest BCUT2D eigenvalue weighted by molar-refractivity contribution is 5.85. The first-order valence-electron chi connectivity index (χ1n) is 8.34. The minimum atomic E-state index is -1.09. The van der Waals surface area contributed by atoms with Gasteiger partial charge in [0.1, 0.15) is 6.54 Å². The number of hydrogen-bond acceptors (Lipinski definition) is 4. The van der Waals surface area contributed by atoms with Crippen LogP contribution in [0.4, 0.5) is 0 Å². The zero-order valence-corrected chi connectivity index (χ0v) is 14.3. The van der Waals surface area contributed by atoms with Crippen LogP contribution in [0, 0.1) is 6.92 Å². The van der Waals surface area contributed by atoms with Crippen LogP contribution in [0.3, 0.4) is 0 Å². The number of amides is 1. The molecule has 2 heterocycles. The van der Waals surface area contributed by atoms with Crippen molar-refractivity contribution < 1.29 is 14.7 Å². The lowest BCUT2D eigenvalue weighted by Gasteiger charge is -2.34. The molecular weight excluding hydrogens is 320 g/mol. The number of carbonyl (C=O) groups excluding carboxylic acids is 1. The molecule has 1 aliphatic rings. The number of piperazine rings is 1. The molecule has 1 aliphatic heterocycles. The molecule has 3 rings (SSSR count). The number of aromatic nitrogens is 2. The lowest BCUT2D eigenvalue weighted by molar-refractivity contribution is -0.133. The molecule has 1 aromatic carbocycles. The highest BCUT2D eigenvalue weighted by Gasteiger charge is 2.21. The average Bonchev–Trinajstić information content (AvgIpc) is 3.06. The summed E-state index contributed by atoms with van der Waals surface area (Å²) in [5.41, 5.74) is 2.49. The molecule has 7 nitrogen and oxygen atoms in total. The first-order chi connectivity index (χ1) is 12.0. The summed E-state index contributed by atoms with van der Waals surface area (Å²) >= 11 is 0. The molecule has 0 spiro atoms. The second-order valence-electron chi connectivity index (χ2n) is 6.35. The fourth-order valence-corrected chi connectivity index (χ4v) is 2.91. The molecule has 0 atom stereocenters. The van der Waals surface area contributed by atoms with Crippen LogP contribution in [0.5, 0.6) is 0 Å². The number of nitrogens with zero attached hydrogens (tertiary/aromatic N) is 4. The maximum absolute atomic E-state index is 12.3. The molecule has 0 radical (unpaired) electrons. The summed E-state index contributed by atoms with van der Waals surface area (Å²) in [4.78, 5) is 27.3. The minimum Gasteiger partial charge on any atom is -0.476 e. The number of hydrogen-bond donors (Lipinski definition) is 1. The van der Waals surface area contributed by atoms with Gasteiger partial charge in [0.25, 0.3) is 0 Å². The first-order valence-corrected chi connectivity index (χ1v) is 8.34. The SMILES string of the molecule is Cc1ccc(CN2CCN(C(=O)Cn3ccc(C(=O)O)n3)CC2)cc1. The Bertz CT molecular complexity index is 746. The molecule has 1 N–H and O–H groups in total. The van der Waals surface area contributed by atoms with Crippen molar-refractivity contribution in [2.75, 3.05) is 26.2 Å². The number of carboxylic acids is 1. The van der Waals surface area contributed by atoms with Crippen LogP contribution in [0.15, 0.2) is 36.5 Å². The van der Waals surface area contributed by atoms with Crippen molar-refractivity contribution in [3.63, 3.8) is 0 Å². The third-order valence-corrected chi connectivity index (χ3v) is 4.41. The van der Waals surface area contributed by atoms with Gasteiger partial charge >= 0.3 is 5.97 Å². The van der Waals surface area contributed by atoms with E-state index in [-0.39, 0.29) is 18.1 Å². The van der Waals surface area contributed by atoms with Gasteiger partial charge in [-0.05, 0) is 18.6 Å². The van der Waals surface area contributed by atoms with Crippen molar-refractivity contribution in [1.82, 2.24) is 19.6 Å². The van der Waals surface area contributed by atoms with E-state index in [1.54, 1.807) is 0 Å². The maximum atomic E-state index is 12.3. The Labute approximate surface area is 146 Å². The van der Waals surface area contributed by atoms with Gasteiger partial charge in [-0.2, -0.15) is 5.10 Å². The number of aryl methyl sites for hydroxylation is 1. The Kier molecular flexibility index (Phi) is 5.14. The zero-order valence-electron chi connectivity index (χ0n) is 14.3. The molecule has 0 unspecified atom stereocenters. The second kappa shape index (κ2) is 7.48. The van der Waals surface area contributed by atoms with Gasteiger partial charge in [0.2, 0.25) is 5.91 Å². The number of benzene rings is 1. The topological polar surface area (TPSA) is 78.7 Å². The summed E-state index contributed by atoms with van der Waals surface area (Å²) in [6, 6.07) is 9.92. The van der Waals surface area contributed by atoms with Crippen molar-refractivity contribution in [3.05, 3.63) is 53.3 Å². The second-order valence-corrected chi connectivity index (χ2v) is 6.35. The average molecular weight is 342 g/mol. The van der Waals surface area contributed by atoms with Gasteiger partial charge in [-0.15, -0.1) is 0 Å². The number of carboxylic acid groups (broad SMARTS) is 1. The van der Waals surface area contributed by atoms with Gasteiger partial charge in [0.05, 0.1) is 0 Å². The predicted molar refractivity (Wildman–Crippen MR) is 92.2 cm³/mol. The quantitative estimate of drug-likeness (QED) is 0.884. The van der Waals surface area contributed by atoms with Crippen molar-refractivity contribution in [2.45, 2.75) is 20.0 Å². The van der Waals surface area contributed by atoms with Crippen LogP contribution in [-0.2, 0) is 17.9 Å². The van der Waals surface area contributed by atoms with E-state index in [0.29, 0.717) is 13.1 Å². The molecule has 0 bridgehead atoms. The van der Waals surface area contributed by atoms with Crippen LogP contribution in [-0.4, -0.2) is 62.7 Å². The number of rotatable bonds is 5. The first kappa shape index (κ1) is 17.2. The summed E-state index contributed by atoms with van der Waals surface area (Å²) in [5, 5.41) is 12.8. The molecule has 1 aromatic heterocycles. The molecular formula is C18H22N4O3. The third-order valence-electron chi connectivity index (χ3n) is 4.41. The maximum Gasteiger partial charge on any atom is 0.356 e. The van der Waals surface area contributed by atoms with Crippen LogP contribution in [0.2, 0.25) is 0 Å². The van der Waals surface area contributed by atoms with Gasteiger partial charge < -0.3 is 10.0 Å². The van der Waals surface area contributed by atoms with Crippen molar-refractivity contribution >= 4 is 11.9 Å². The van der Waals surface area contributed by atoms with E-state index >= 15 is 0 Å². The largest absolute Gasteiger partial charge is 0.476 e. The monoisotopic (exact) mass is 342 g/mol. The zero-order chi connectivity index (χ0) is 17.8. The predicted octanol–water partition coefficient (Wildman–Crippen LogP) is 1.23. The van der Waals surface area contributed by atoms with Crippen molar-refractivity contribution in [1.29, 1.82) is 0 Å². The molecule has 0 aliphatic carbocycles. The standard InChI is InChI=1S/C18H22N4O3/c1-14-2-4-15(5-3-14)12-20-8-10-21(11-9-20)17(23)13-22-7-6-16(19-22)18(24)25/h2-7H,8-13H2,1H3,(H,24,25). The van der Waals surface area contributed by atoms with E-state index in [1.165, 1.54) is 28.1 Å². The van der Waals surface area contributed by atoms with Gasteiger partial charge in [-0.25, -0.2) is 4.79 Å². The Balaban J connectivity index is 1.48. The van der Waals surface area contributed by atoms with E-state index in [1.807, 2.05) is 4.90 Å². The van der Waals surface area contributed by atoms with Crippen LogP contribution in [0.25, 0.3) is 0 Å². The number of aromatic carboxylic acids is 1. The van der Waals surface area contributed by atoms with Crippen LogP contribution in [0.1, 0.15) is 21.6 Å². The minimum absolute atomic E-state index is 0.0324. The Morgan fingerprint density at radius 3 is 2.36 bits per heavy atom. The molecule has 1 amide bonds. The lowest BCUT2D eigenvalue weighted by Crippen LogP contribution is -2.49. The van der Waals surface area contributed by atoms with E-state index < -0.39 is 5.97 Å². The van der Waals surface area contributed by atoms with Crippen LogP contribution >= 0.6 is 0 Å². The summed E-state index contributed by atoms with van der Waals surface area (Å²) in [5.74, 6) is -1.12. The summed E-state index contributed by atoms with van der Waals surface area (Å²) in [7, 11) is 0. The van der Waals surface area contributed by atoms with Gasteiger partial charge in [-0.1, -0.05) is 29.8 Å². The summed E-state index contributed by atoms with van der Waals surface area (Å²) in [6.07, 6.45) is 1.52. The van der Waals surface area contributed by atoms with Gasteiger partial charge in [0.15, 0.2) is 5.69 Å². The lowest BCUT2D eigenvalue weighted by atomic mass is 10.1. The van der Waals surface area contributed by atoms with E-state index in [0.717, 1.165) is 19.6 Å². The van der Waals surface area contributed by atoms with Gasteiger partial charge in [-0.3, -0.25) is 14.4 Å². The molecule has 132 valence electrons. The van der Waals surface area contributed by atoms with Crippen molar-refractivity contribution in [2.24, 2.45) is 0 Å². The van der Waals surface area contributed by atoms with E-state index in [9.17, 15) is 9.59 Å². The Morgan fingerprint density at radius 1 is 1.08 bits per heavy atom. The molecule has 7 heteroatoms. The molecule has 1 fully saturated rings.